The number of benzene rings is 2. The molecule has 104 valence electrons. The highest BCUT2D eigenvalue weighted by atomic mass is 35.5. The lowest BCUT2D eigenvalue weighted by atomic mass is 10.2. The third kappa shape index (κ3) is 3.00. The van der Waals surface area contributed by atoms with Crippen LogP contribution in [0.2, 0.25) is 5.02 Å². The van der Waals surface area contributed by atoms with E-state index in [1.807, 2.05) is 0 Å². The molecule has 2 rings (SSSR count). The van der Waals surface area contributed by atoms with Gasteiger partial charge < -0.3 is 15.7 Å². The Morgan fingerprint density at radius 3 is 2.70 bits per heavy atom. The van der Waals surface area contributed by atoms with Crippen LogP contribution in [0.3, 0.4) is 0 Å². The second-order valence-electron chi connectivity index (χ2n) is 4.14. The Morgan fingerprint density at radius 1 is 1.30 bits per heavy atom. The molecule has 2 aromatic carbocycles. The minimum atomic E-state index is -0.373. The summed E-state index contributed by atoms with van der Waals surface area (Å²) in [4.78, 5) is 0. The van der Waals surface area contributed by atoms with Gasteiger partial charge in [-0.05, 0) is 36.8 Å². The Bertz CT molecular complexity index is 674. The van der Waals surface area contributed by atoms with E-state index in [1.165, 1.54) is 12.1 Å². The van der Waals surface area contributed by atoms with Gasteiger partial charge in [0.2, 0.25) is 0 Å². The number of hydrogen-bond donors (Lipinski definition) is 2. The molecule has 0 heterocycles. The van der Waals surface area contributed by atoms with Crippen LogP contribution in [-0.4, -0.2) is 11.0 Å². The van der Waals surface area contributed by atoms with Gasteiger partial charge in [-0.3, -0.25) is 0 Å². The zero-order valence-electron chi connectivity index (χ0n) is 10.6. The molecule has 0 unspecified atom stereocenters. The number of nitrogens with two attached hydrogens (primary N) is 1. The lowest BCUT2D eigenvalue weighted by Crippen LogP contribution is -2.14. The van der Waals surface area contributed by atoms with Crippen molar-refractivity contribution >= 4 is 17.4 Å². The van der Waals surface area contributed by atoms with Gasteiger partial charge in [0.15, 0.2) is 5.84 Å². The lowest BCUT2D eigenvalue weighted by Gasteiger charge is -2.11. The van der Waals surface area contributed by atoms with Gasteiger partial charge in [-0.1, -0.05) is 22.8 Å². The minimum Gasteiger partial charge on any atom is -0.456 e. The van der Waals surface area contributed by atoms with Crippen LogP contribution in [0.1, 0.15) is 11.1 Å². The van der Waals surface area contributed by atoms with Crippen molar-refractivity contribution in [3.8, 4) is 11.5 Å². The number of halogens is 2. The predicted octanol–water partition coefficient (Wildman–Crippen LogP) is 3.67. The molecule has 2 aromatic rings. The van der Waals surface area contributed by atoms with Crippen molar-refractivity contribution < 1.29 is 14.3 Å². The summed E-state index contributed by atoms with van der Waals surface area (Å²) >= 11 is 5.86. The summed E-state index contributed by atoms with van der Waals surface area (Å²) in [5, 5.41) is 12.1. The Kier molecular flexibility index (Phi) is 4.10. The molecule has 20 heavy (non-hydrogen) atoms. The van der Waals surface area contributed by atoms with Gasteiger partial charge in [-0.15, -0.1) is 0 Å². The first-order chi connectivity index (χ1) is 9.51. The van der Waals surface area contributed by atoms with E-state index >= 15 is 0 Å². The molecule has 4 nitrogen and oxygen atoms in total. The van der Waals surface area contributed by atoms with E-state index in [4.69, 9.17) is 27.3 Å². The molecule has 0 saturated heterocycles. The van der Waals surface area contributed by atoms with Crippen molar-refractivity contribution in [2.24, 2.45) is 10.9 Å². The Balaban J connectivity index is 2.40. The topological polar surface area (TPSA) is 67.8 Å². The number of nitrogens with zero attached hydrogens (tertiary/aromatic N) is 1. The van der Waals surface area contributed by atoms with Crippen LogP contribution in [-0.2, 0) is 0 Å². The molecule has 0 atom stereocenters. The number of hydrogen-bond acceptors (Lipinski definition) is 3. The standard InChI is InChI=1S/C14H12ClFN2O2/c1-8-2-4-10(7-12(8)16)20-13-5-3-9(15)6-11(13)14(17)18-19/h2-7,19H,1H3,(H2,17,18). The first-order valence-corrected chi connectivity index (χ1v) is 6.10. The third-order valence-electron chi connectivity index (χ3n) is 2.70. The smallest absolute Gasteiger partial charge is 0.173 e. The monoisotopic (exact) mass is 294 g/mol. The summed E-state index contributed by atoms with van der Waals surface area (Å²) in [7, 11) is 0. The van der Waals surface area contributed by atoms with Crippen molar-refractivity contribution in [3.05, 3.63) is 58.4 Å². The highest BCUT2D eigenvalue weighted by molar-refractivity contribution is 6.31. The summed E-state index contributed by atoms with van der Waals surface area (Å²) in [6.07, 6.45) is 0. The maximum Gasteiger partial charge on any atom is 0.173 e. The number of ether oxygens (including phenoxy) is 1. The predicted molar refractivity (Wildman–Crippen MR) is 75.2 cm³/mol. The van der Waals surface area contributed by atoms with Crippen molar-refractivity contribution in [3.63, 3.8) is 0 Å². The SMILES string of the molecule is Cc1ccc(Oc2ccc(Cl)cc2/C(N)=N/O)cc1F. The molecule has 0 bridgehead atoms. The second kappa shape index (κ2) is 5.79. The van der Waals surface area contributed by atoms with Crippen LogP contribution in [0.15, 0.2) is 41.6 Å². The van der Waals surface area contributed by atoms with E-state index < -0.39 is 0 Å². The molecule has 6 heteroatoms. The van der Waals surface area contributed by atoms with Crippen molar-refractivity contribution in [1.29, 1.82) is 0 Å². The van der Waals surface area contributed by atoms with Crippen molar-refractivity contribution in [2.45, 2.75) is 6.92 Å². The Labute approximate surface area is 120 Å². The average Bonchev–Trinajstić information content (AvgIpc) is 2.44. The molecule has 0 aliphatic rings. The van der Waals surface area contributed by atoms with Gasteiger partial charge >= 0.3 is 0 Å². The summed E-state index contributed by atoms with van der Waals surface area (Å²) in [6, 6.07) is 9.15. The molecular weight excluding hydrogens is 283 g/mol. The van der Waals surface area contributed by atoms with E-state index in [9.17, 15) is 4.39 Å². The number of rotatable bonds is 3. The molecule has 0 amide bonds. The van der Waals surface area contributed by atoms with Gasteiger partial charge in [0, 0.05) is 11.1 Å². The average molecular weight is 295 g/mol. The molecule has 0 aliphatic carbocycles. The van der Waals surface area contributed by atoms with Crippen molar-refractivity contribution in [2.75, 3.05) is 0 Å². The molecule has 0 saturated carbocycles. The molecule has 3 N–H and O–H groups in total. The first-order valence-electron chi connectivity index (χ1n) is 5.72. The maximum atomic E-state index is 13.5. The summed E-state index contributed by atoms with van der Waals surface area (Å²) < 4.78 is 19.0. The molecule has 0 spiro atoms. The highest BCUT2D eigenvalue weighted by Gasteiger charge is 2.11. The van der Waals surface area contributed by atoms with E-state index in [1.54, 1.807) is 31.2 Å². The summed E-state index contributed by atoms with van der Waals surface area (Å²) in [6.45, 7) is 1.66. The normalized spacial score (nSPS) is 11.4. The van der Waals surface area contributed by atoms with E-state index in [-0.39, 0.29) is 11.7 Å². The second-order valence-corrected chi connectivity index (χ2v) is 4.58. The zero-order valence-corrected chi connectivity index (χ0v) is 11.4. The molecule has 0 aliphatic heterocycles. The zero-order chi connectivity index (χ0) is 14.7. The van der Waals surface area contributed by atoms with Crippen LogP contribution >= 0.6 is 11.6 Å². The van der Waals surface area contributed by atoms with Crippen LogP contribution < -0.4 is 10.5 Å². The van der Waals surface area contributed by atoms with Crippen LogP contribution in [0.25, 0.3) is 0 Å². The number of amidine groups is 1. The Morgan fingerprint density at radius 2 is 2.05 bits per heavy atom. The van der Waals surface area contributed by atoms with Crippen LogP contribution in [0, 0.1) is 12.7 Å². The maximum absolute atomic E-state index is 13.5. The van der Waals surface area contributed by atoms with Gasteiger partial charge in [-0.2, -0.15) is 0 Å². The van der Waals surface area contributed by atoms with E-state index in [2.05, 4.69) is 5.16 Å². The molecule has 0 aromatic heterocycles. The highest BCUT2D eigenvalue weighted by Crippen LogP contribution is 2.28. The molecule has 0 fully saturated rings. The molecule has 0 radical (unpaired) electrons. The quantitative estimate of drug-likeness (QED) is 0.393. The van der Waals surface area contributed by atoms with Gasteiger partial charge in [0.1, 0.15) is 17.3 Å². The fourth-order valence-electron chi connectivity index (χ4n) is 1.61. The van der Waals surface area contributed by atoms with Crippen molar-refractivity contribution in [1.82, 2.24) is 0 Å². The van der Waals surface area contributed by atoms with Crippen LogP contribution in [0.4, 0.5) is 4.39 Å². The molecular formula is C14H12ClFN2O2. The third-order valence-corrected chi connectivity index (χ3v) is 2.93. The number of oxime groups is 1. The van der Waals surface area contributed by atoms with E-state index in [0.717, 1.165) is 0 Å². The van der Waals surface area contributed by atoms with E-state index in [0.29, 0.717) is 27.6 Å². The van der Waals surface area contributed by atoms with Gasteiger partial charge in [0.05, 0.1) is 5.56 Å². The number of aryl methyl sites for hydroxylation is 1. The van der Waals surface area contributed by atoms with Gasteiger partial charge in [-0.25, -0.2) is 4.39 Å². The first kappa shape index (κ1) is 14.1. The minimum absolute atomic E-state index is 0.143. The Hall–Kier alpha value is -2.27. The van der Waals surface area contributed by atoms with Crippen LogP contribution in [0.5, 0.6) is 11.5 Å². The lowest BCUT2D eigenvalue weighted by molar-refractivity contribution is 0.318. The fraction of sp³-hybridized carbons (Fsp3) is 0.0714. The van der Waals surface area contributed by atoms with Gasteiger partial charge in [0.25, 0.3) is 0 Å². The fourth-order valence-corrected chi connectivity index (χ4v) is 1.78. The summed E-state index contributed by atoms with van der Waals surface area (Å²) in [5.74, 6) is 0.104. The summed E-state index contributed by atoms with van der Waals surface area (Å²) in [5.41, 5.74) is 6.40. The largest absolute Gasteiger partial charge is 0.456 e.